The topological polar surface area (TPSA) is 52.5 Å². The van der Waals surface area contributed by atoms with Gasteiger partial charge in [0.2, 0.25) is 0 Å². The van der Waals surface area contributed by atoms with E-state index in [0.717, 1.165) is 16.7 Å². The van der Waals surface area contributed by atoms with Crippen LogP contribution in [0.3, 0.4) is 0 Å². The highest BCUT2D eigenvalue weighted by atomic mass is 16.3. The molecule has 3 rings (SSSR count). The highest BCUT2D eigenvalue weighted by Gasteiger charge is 2.22. The fourth-order valence-electron chi connectivity index (χ4n) is 3.06. The zero-order valence-electron chi connectivity index (χ0n) is 15.1. The molecule has 0 heterocycles. The SMILES string of the molecule is OC[C@@H](O)[C@H](/C=C/c1ccccc1)NC(c1ccccc1)c1ccccc1. The van der Waals surface area contributed by atoms with Crippen molar-refractivity contribution in [3.8, 4) is 0 Å². The number of aliphatic hydroxyl groups excluding tert-OH is 2. The summed E-state index contributed by atoms with van der Waals surface area (Å²) in [7, 11) is 0. The largest absolute Gasteiger partial charge is 0.394 e. The second kappa shape index (κ2) is 9.83. The number of nitrogens with one attached hydrogen (secondary N) is 1. The van der Waals surface area contributed by atoms with E-state index in [4.69, 9.17) is 0 Å². The lowest BCUT2D eigenvalue weighted by Gasteiger charge is -2.27. The van der Waals surface area contributed by atoms with Crippen molar-refractivity contribution < 1.29 is 10.2 Å². The van der Waals surface area contributed by atoms with Crippen molar-refractivity contribution in [2.75, 3.05) is 6.61 Å². The molecule has 0 saturated heterocycles. The molecule has 3 aromatic carbocycles. The predicted molar refractivity (Wildman–Crippen MR) is 110 cm³/mol. The van der Waals surface area contributed by atoms with Crippen molar-refractivity contribution in [2.45, 2.75) is 18.2 Å². The molecule has 0 spiro atoms. The van der Waals surface area contributed by atoms with Gasteiger partial charge in [0.1, 0.15) is 0 Å². The molecule has 0 amide bonds. The number of hydrogen-bond acceptors (Lipinski definition) is 3. The highest BCUT2D eigenvalue weighted by Crippen LogP contribution is 2.23. The Hall–Kier alpha value is -2.72. The molecule has 138 valence electrons. The number of rotatable bonds is 8. The average Bonchev–Trinajstić information content (AvgIpc) is 2.75. The zero-order valence-corrected chi connectivity index (χ0v) is 15.1. The van der Waals surface area contributed by atoms with Gasteiger partial charge in [0, 0.05) is 0 Å². The van der Waals surface area contributed by atoms with Crippen LogP contribution < -0.4 is 5.32 Å². The van der Waals surface area contributed by atoms with Crippen LogP contribution in [0, 0.1) is 0 Å². The Morgan fingerprint density at radius 2 is 1.22 bits per heavy atom. The average molecular weight is 359 g/mol. The first kappa shape index (κ1) is 19.1. The zero-order chi connectivity index (χ0) is 18.9. The van der Waals surface area contributed by atoms with Crippen LogP contribution in [-0.2, 0) is 0 Å². The minimum atomic E-state index is -0.903. The lowest BCUT2D eigenvalue weighted by atomic mass is 9.96. The smallest absolute Gasteiger partial charge is 0.0959 e. The van der Waals surface area contributed by atoms with Gasteiger partial charge in [-0.2, -0.15) is 0 Å². The molecule has 0 bridgehead atoms. The number of aliphatic hydroxyl groups is 2. The molecule has 0 fully saturated rings. The number of hydrogen-bond donors (Lipinski definition) is 3. The molecule has 3 aromatic rings. The van der Waals surface area contributed by atoms with E-state index < -0.39 is 12.1 Å². The molecule has 0 aromatic heterocycles. The van der Waals surface area contributed by atoms with Gasteiger partial charge < -0.3 is 10.2 Å². The third-order valence-corrected chi connectivity index (χ3v) is 4.52. The van der Waals surface area contributed by atoms with Crippen LogP contribution in [-0.4, -0.2) is 29.0 Å². The van der Waals surface area contributed by atoms with Crippen LogP contribution in [0.15, 0.2) is 97.1 Å². The summed E-state index contributed by atoms with van der Waals surface area (Å²) >= 11 is 0. The van der Waals surface area contributed by atoms with Crippen LogP contribution in [0.5, 0.6) is 0 Å². The van der Waals surface area contributed by atoms with E-state index in [1.807, 2.05) is 78.9 Å². The standard InChI is InChI=1S/C24H25NO2/c26-18-23(27)22(17-16-19-10-4-1-5-11-19)25-24(20-12-6-2-7-13-20)21-14-8-3-9-15-21/h1-17,22-27H,18H2/b17-16+/t22-,23+/m0/s1. The summed E-state index contributed by atoms with van der Waals surface area (Å²) in [6.45, 7) is -0.312. The van der Waals surface area contributed by atoms with E-state index in [2.05, 4.69) is 29.6 Å². The minimum Gasteiger partial charge on any atom is -0.394 e. The van der Waals surface area contributed by atoms with Gasteiger partial charge >= 0.3 is 0 Å². The third-order valence-electron chi connectivity index (χ3n) is 4.52. The van der Waals surface area contributed by atoms with Crippen LogP contribution >= 0.6 is 0 Å². The summed E-state index contributed by atoms with van der Waals surface area (Å²) in [4.78, 5) is 0. The highest BCUT2D eigenvalue weighted by molar-refractivity contribution is 5.49. The molecule has 0 radical (unpaired) electrons. The molecule has 3 nitrogen and oxygen atoms in total. The van der Waals surface area contributed by atoms with E-state index >= 15 is 0 Å². The molecule has 27 heavy (non-hydrogen) atoms. The Morgan fingerprint density at radius 3 is 1.70 bits per heavy atom. The minimum absolute atomic E-state index is 0.0981. The molecule has 3 heteroatoms. The maximum Gasteiger partial charge on any atom is 0.0959 e. The van der Waals surface area contributed by atoms with E-state index in [9.17, 15) is 10.2 Å². The maximum absolute atomic E-state index is 10.4. The van der Waals surface area contributed by atoms with E-state index in [0.29, 0.717) is 0 Å². The van der Waals surface area contributed by atoms with Gasteiger partial charge in [0.25, 0.3) is 0 Å². The van der Waals surface area contributed by atoms with E-state index in [1.165, 1.54) is 0 Å². The molecule has 0 aliphatic heterocycles. The molecule has 0 saturated carbocycles. The van der Waals surface area contributed by atoms with Gasteiger partial charge in [-0.1, -0.05) is 103 Å². The first-order chi connectivity index (χ1) is 13.3. The van der Waals surface area contributed by atoms with Crippen LogP contribution in [0.2, 0.25) is 0 Å². The van der Waals surface area contributed by atoms with Crippen LogP contribution in [0.1, 0.15) is 22.7 Å². The van der Waals surface area contributed by atoms with Crippen molar-refractivity contribution in [3.63, 3.8) is 0 Å². The molecule has 0 aliphatic rings. The maximum atomic E-state index is 10.4. The van der Waals surface area contributed by atoms with Gasteiger partial charge in [-0.15, -0.1) is 0 Å². The lowest BCUT2D eigenvalue weighted by molar-refractivity contribution is 0.0738. The van der Waals surface area contributed by atoms with Crippen LogP contribution in [0.4, 0.5) is 0 Å². The summed E-state index contributed by atoms with van der Waals surface area (Å²) in [6, 6.07) is 29.7. The summed E-state index contributed by atoms with van der Waals surface area (Å²) in [5.41, 5.74) is 3.25. The van der Waals surface area contributed by atoms with Gasteiger partial charge in [-0.25, -0.2) is 0 Å². The van der Waals surface area contributed by atoms with E-state index in [1.54, 1.807) is 0 Å². The molecule has 3 N–H and O–H groups in total. The van der Waals surface area contributed by atoms with Crippen molar-refractivity contribution in [1.82, 2.24) is 5.32 Å². The summed E-state index contributed by atoms with van der Waals surface area (Å²) in [5, 5.41) is 23.4. The summed E-state index contributed by atoms with van der Waals surface area (Å²) < 4.78 is 0. The summed E-state index contributed by atoms with van der Waals surface area (Å²) in [5.74, 6) is 0. The van der Waals surface area contributed by atoms with Gasteiger partial charge in [-0.05, 0) is 16.7 Å². The van der Waals surface area contributed by atoms with Gasteiger partial charge in [-0.3, -0.25) is 5.32 Å². The second-order valence-electron chi connectivity index (χ2n) is 6.47. The first-order valence-corrected chi connectivity index (χ1v) is 9.16. The Kier molecular flexibility index (Phi) is 6.94. The second-order valence-corrected chi connectivity index (χ2v) is 6.47. The first-order valence-electron chi connectivity index (χ1n) is 9.16. The van der Waals surface area contributed by atoms with Crippen molar-refractivity contribution in [2.24, 2.45) is 0 Å². The number of benzene rings is 3. The Labute approximate surface area is 160 Å². The normalized spacial score (nSPS) is 13.7. The fourth-order valence-corrected chi connectivity index (χ4v) is 3.06. The van der Waals surface area contributed by atoms with Crippen molar-refractivity contribution >= 4 is 6.08 Å². The fraction of sp³-hybridized carbons (Fsp3) is 0.167. The third kappa shape index (κ3) is 5.38. The molecule has 0 aliphatic carbocycles. The van der Waals surface area contributed by atoms with Crippen molar-refractivity contribution in [1.29, 1.82) is 0 Å². The molecular formula is C24H25NO2. The van der Waals surface area contributed by atoms with E-state index in [-0.39, 0.29) is 12.6 Å². The van der Waals surface area contributed by atoms with Crippen LogP contribution in [0.25, 0.3) is 6.08 Å². The Morgan fingerprint density at radius 1 is 0.741 bits per heavy atom. The molecular weight excluding hydrogens is 334 g/mol. The van der Waals surface area contributed by atoms with Gasteiger partial charge in [0.15, 0.2) is 0 Å². The molecule has 0 unspecified atom stereocenters. The lowest BCUT2D eigenvalue weighted by Crippen LogP contribution is -2.42. The Bertz CT molecular complexity index is 779. The van der Waals surface area contributed by atoms with Crippen molar-refractivity contribution in [3.05, 3.63) is 114 Å². The Balaban J connectivity index is 1.89. The quantitative estimate of drug-likeness (QED) is 0.573. The molecule has 2 atom stereocenters. The monoisotopic (exact) mass is 359 g/mol. The van der Waals surface area contributed by atoms with Gasteiger partial charge in [0.05, 0.1) is 24.8 Å². The summed E-state index contributed by atoms with van der Waals surface area (Å²) in [6.07, 6.45) is 2.97. The predicted octanol–water partition coefficient (Wildman–Crippen LogP) is 3.80.